The van der Waals surface area contributed by atoms with E-state index in [2.05, 4.69) is 30.3 Å². The summed E-state index contributed by atoms with van der Waals surface area (Å²) in [5.41, 5.74) is 12.5. The van der Waals surface area contributed by atoms with Crippen LogP contribution in [0.4, 0.5) is 5.13 Å². The minimum Gasteiger partial charge on any atom is -0.554 e. The molecule has 0 aliphatic rings. The number of primary sulfonamides is 1. The number of hydrogen-bond donors (Lipinski definition) is 5. The number of anilines is 1. The Kier molecular flexibility index (Phi) is 7.96. The Morgan fingerprint density at radius 1 is 1.19 bits per heavy atom. The molecule has 2 aromatic carbocycles. The maximum Gasteiger partial charge on any atom is 0.242 e. The number of H-pyrrole nitrogens is 1. The number of aromatic nitrogens is 5. The highest BCUT2D eigenvalue weighted by atomic mass is 32.2. The lowest BCUT2D eigenvalue weighted by Gasteiger charge is -2.18. The van der Waals surface area contributed by atoms with Gasteiger partial charge in [-0.1, -0.05) is 29.5 Å². The van der Waals surface area contributed by atoms with Crippen LogP contribution in [0.25, 0.3) is 32.7 Å². The SMILES string of the molecule is CC(CN)NS(=O)(=O)c1ccc(-c2cccc3sc(N)nc23)c(-c2nn[nH]n2)c1S(N)(=O)=O.O=C[O-]. The van der Waals surface area contributed by atoms with Crippen LogP contribution in [0.1, 0.15) is 6.92 Å². The number of carboxylic acid groups (broad SMARTS) is 1. The van der Waals surface area contributed by atoms with E-state index in [4.69, 9.17) is 26.5 Å². The summed E-state index contributed by atoms with van der Waals surface area (Å²) in [6.45, 7) is 1.03. The molecule has 0 saturated carbocycles. The van der Waals surface area contributed by atoms with Crippen LogP contribution < -0.4 is 26.4 Å². The van der Waals surface area contributed by atoms with E-state index in [-0.39, 0.29) is 23.5 Å². The van der Waals surface area contributed by atoms with Crippen molar-refractivity contribution >= 4 is 53.2 Å². The van der Waals surface area contributed by atoms with Gasteiger partial charge in [0, 0.05) is 24.6 Å². The molecule has 0 fully saturated rings. The lowest BCUT2D eigenvalue weighted by Crippen LogP contribution is -2.38. The summed E-state index contributed by atoms with van der Waals surface area (Å²) in [4.78, 5) is 11.3. The maximum absolute atomic E-state index is 13.1. The average Bonchev–Trinajstić information content (AvgIpc) is 3.46. The summed E-state index contributed by atoms with van der Waals surface area (Å²) >= 11 is 1.25. The van der Waals surface area contributed by atoms with Crippen LogP contribution in [0, 0.1) is 0 Å². The van der Waals surface area contributed by atoms with Crippen molar-refractivity contribution in [1.29, 1.82) is 0 Å². The first-order valence-corrected chi connectivity index (χ1v) is 13.7. The summed E-state index contributed by atoms with van der Waals surface area (Å²) in [5.74, 6) is -0.168. The Bertz CT molecular complexity index is 1600. The van der Waals surface area contributed by atoms with Gasteiger partial charge in [0.2, 0.25) is 25.9 Å². The third-order valence-electron chi connectivity index (χ3n) is 4.70. The third kappa shape index (κ3) is 5.48. The molecule has 4 rings (SSSR count). The number of nitrogens with two attached hydrogens (primary N) is 3. The maximum atomic E-state index is 13.1. The molecule has 0 radical (unpaired) electrons. The van der Waals surface area contributed by atoms with Crippen molar-refractivity contribution in [2.24, 2.45) is 10.9 Å². The minimum atomic E-state index is -4.61. The fourth-order valence-electron chi connectivity index (χ4n) is 3.33. The van der Waals surface area contributed by atoms with Crippen LogP contribution in [0.15, 0.2) is 40.1 Å². The molecule has 1 unspecified atom stereocenters. The summed E-state index contributed by atoms with van der Waals surface area (Å²) in [7, 11) is -8.95. The Morgan fingerprint density at radius 3 is 2.47 bits per heavy atom. The number of carbonyl (C=O) groups excluding carboxylic acids is 1. The Labute approximate surface area is 208 Å². The molecule has 0 bridgehead atoms. The smallest absolute Gasteiger partial charge is 0.242 e. The average molecular weight is 555 g/mol. The van der Waals surface area contributed by atoms with E-state index < -0.39 is 42.4 Å². The van der Waals surface area contributed by atoms with Crippen molar-refractivity contribution < 1.29 is 26.7 Å². The molecule has 36 heavy (non-hydrogen) atoms. The number of nitrogens with one attached hydrogen (secondary N) is 2. The van der Waals surface area contributed by atoms with E-state index >= 15 is 0 Å². The molecule has 2 heterocycles. The van der Waals surface area contributed by atoms with Gasteiger partial charge in [0.25, 0.3) is 0 Å². The molecule has 15 nitrogen and oxygen atoms in total. The number of carbonyl (C=O) groups is 1. The van der Waals surface area contributed by atoms with Gasteiger partial charge in [0.1, 0.15) is 9.79 Å². The topological polar surface area (TPSA) is 266 Å². The Hall–Kier alpha value is -3.55. The van der Waals surface area contributed by atoms with Crippen molar-refractivity contribution in [2.45, 2.75) is 22.8 Å². The van der Waals surface area contributed by atoms with E-state index in [9.17, 15) is 16.8 Å². The quantitative estimate of drug-likeness (QED) is 0.161. The first-order valence-electron chi connectivity index (χ1n) is 9.81. The highest BCUT2D eigenvalue weighted by Crippen LogP contribution is 2.41. The summed E-state index contributed by atoms with van der Waals surface area (Å²) in [6.07, 6.45) is 0. The number of tetrazole rings is 1. The van der Waals surface area contributed by atoms with Crippen LogP contribution in [0.5, 0.6) is 0 Å². The number of rotatable bonds is 7. The summed E-state index contributed by atoms with van der Waals surface area (Å²) in [5, 5.41) is 27.6. The van der Waals surface area contributed by atoms with Crippen molar-refractivity contribution in [3.8, 4) is 22.5 Å². The molecule has 0 aliphatic carbocycles. The molecule has 192 valence electrons. The van der Waals surface area contributed by atoms with Crippen LogP contribution in [0.2, 0.25) is 0 Å². The fraction of sp³-hybridized carbons (Fsp3) is 0.167. The predicted molar refractivity (Wildman–Crippen MR) is 129 cm³/mol. The van der Waals surface area contributed by atoms with E-state index in [1.54, 1.807) is 18.2 Å². The van der Waals surface area contributed by atoms with E-state index in [1.165, 1.54) is 24.3 Å². The van der Waals surface area contributed by atoms with Gasteiger partial charge in [-0.05, 0) is 29.8 Å². The Morgan fingerprint density at radius 2 is 1.89 bits per heavy atom. The lowest BCUT2D eigenvalue weighted by molar-refractivity contribution is -0.283. The summed E-state index contributed by atoms with van der Waals surface area (Å²) < 4.78 is 54.8. The van der Waals surface area contributed by atoms with Crippen LogP contribution in [-0.2, 0) is 24.8 Å². The summed E-state index contributed by atoms with van der Waals surface area (Å²) in [6, 6.07) is 7.16. The number of aromatic amines is 1. The van der Waals surface area contributed by atoms with Crippen LogP contribution in [0.3, 0.4) is 0 Å². The monoisotopic (exact) mass is 554 g/mol. The zero-order chi connectivity index (χ0) is 26.7. The minimum absolute atomic E-state index is 0.00698. The molecule has 0 aliphatic heterocycles. The number of para-hydroxylation sites is 1. The van der Waals surface area contributed by atoms with Gasteiger partial charge in [0.15, 0.2) is 5.13 Å². The number of thiazole rings is 1. The van der Waals surface area contributed by atoms with E-state index in [0.29, 0.717) is 16.2 Å². The number of benzene rings is 2. The zero-order valence-electron chi connectivity index (χ0n) is 18.4. The molecule has 4 aromatic rings. The standard InChI is InChI=1S/C17H19N9O4S3.CH2O2/c1-8(7-18)24-33(29,30)12-6-5-9(10-3-2-4-11-14(10)21-17(19)31-11)13(15(12)32(20,27)28)16-22-25-26-23-16;2-1-3/h2-6,8,24H,7,18H2,1H3,(H2,19,21)(H2,20,27,28)(H,22,23,25,26);1H,(H,2,3)/p-1. The molecule has 0 saturated heterocycles. The molecule has 1 atom stereocenters. The second-order valence-corrected chi connectivity index (χ2v) is 11.4. The van der Waals surface area contributed by atoms with Gasteiger partial charge >= 0.3 is 0 Å². The molecule has 8 N–H and O–H groups in total. The van der Waals surface area contributed by atoms with Gasteiger partial charge in [-0.2, -0.15) is 5.21 Å². The van der Waals surface area contributed by atoms with Gasteiger partial charge in [-0.15, -0.1) is 10.2 Å². The lowest BCUT2D eigenvalue weighted by atomic mass is 9.98. The van der Waals surface area contributed by atoms with Crippen molar-refractivity contribution in [3.63, 3.8) is 0 Å². The first kappa shape index (κ1) is 27.0. The normalized spacial score (nSPS) is 12.6. The van der Waals surface area contributed by atoms with Crippen molar-refractivity contribution in [2.75, 3.05) is 12.3 Å². The highest BCUT2D eigenvalue weighted by molar-refractivity contribution is 7.92. The fourth-order valence-corrected chi connectivity index (χ4v) is 6.95. The molecule has 2 aromatic heterocycles. The van der Waals surface area contributed by atoms with E-state index in [0.717, 1.165) is 10.8 Å². The predicted octanol–water partition coefficient (Wildman–Crippen LogP) is -1.64. The van der Waals surface area contributed by atoms with Crippen LogP contribution >= 0.6 is 11.3 Å². The largest absolute Gasteiger partial charge is 0.554 e. The zero-order valence-corrected chi connectivity index (χ0v) is 20.9. The van der Waals surface area contributed by atoms with E-state index in [1.807, 2.05) is 0 Å². The van der Waals surface area contributed by atoms with Crippen molar-refractivity contribution in [3.05, 3.63) is 30.3 Å². The second-order valence-electron chi connectivity index (χ2n) is 7.15. The molecular formula is C18H20N9O6S3-. The molecule has 18 heteroatoms. The van der Waals surface area contributed by atoms with Crippen molar-refractivity contribution in [1.82, 2.24) is 30.3 Å². The van der Waals surface area contributed by atoms with Crippen LogP contribution in [-0.4, -0.2) is 61.5 Å². The second kappa shape index (κ2) is 10.6. The number of nitrogen functional groups attached to an aromatic ring is 1. The first-order chi connectivity index (χ1) is 16.9. The Balaban J connectivity index is 0.00000115. The number of hydrogen-bond acceptors (Lipinski definition) is 13. The van der Waals surface area contributed by atoms with Gasteiger partial charge in [-0.25, -0.2) is 31.7 Å². The number of fused-ring (bicyclic) bond motifs is 1. The molecule has 0 amide bonds. The molecule has 0 spiro atoms. The number of nitrogens with zero attached hydrogens (tertiary/aromatic N) is 4. The van der Waals surface area contributed by atoms with Gasteiger partial charge in [0.05, 0.1) is 15.8 Å². The van der Waals surface area contributed by atoms with Gasteiger partial charge < -0.3 is 21.4 Å². The number of sulfonamides is 2. The highest BCUT2D eigenvalue weighted by Gasteiger charge is 2.33. The molecular weight excluding hydrogens is 534 g/mol. The third-order valence-corrected chi connectivity index (χ3v) is 8.30. The van der Waals surface area contributed by atoms with Gasteiger partial charge in [-0.3, -0.25) is 0 Å².